The molecule has 49 nitrogen and oxygen atoms in total. The molecule has 776 valence electrons. The van der Waals surface area contributed by atoms with Crippen LogP contribution in [0.25, 0.3) is 0 Å². The number of benzene rings is 11. The number of ether oxygens (including phenoxy) is 5. The number of azo groups is 4. The van der Waals surface area contributed by atoms with Crippen LogP contribution in [0.15, 0.2) is 229 Å². The zero-order valence-corrected chi connectivity index (χ0v) is 81.5. The fraction of sp³-hybridized carbons (Fsp3) is 0.263. The van der Waals surface area contributed by atoms with Crippen LogP contribution in [0, 0.1) is 104 Å². The Morgan fingerprint density at radius 1 is 0.284 bits per heavy atom. The number of nitro groups is 8. The molecule has 4 amide bonds. The van der Waals surface area contributed by atoms with E-state index in [-0.39, 0.29) is 45.5 Å². The van der Waals surface area contributed by atoms with E-state index in [1.807, 2.05) is 128 Å². The van der Waals surface area contributed by atoms with Gasteiger partial charge in [-0.1, -0.05) is 112 Å². The molecule has 0 aliphatic carbocycles. The van der Waals surface area contributed by atoms with Crippen molar-refractivity contribution in [3.8, 4) is 23.0 Å². The molecule has 11 aromatic rings. The Morgan fingerprint density at radius 2 is 0.493 bits per heavy atom. The van der Waals surface area contributed by atoms with Crippen LogP contribution in [0.2, 0.25) is 0 Å². The van der Waals surface area contributed by atoms with Crippen molar-refractivity contribution in [1.82, 2.24) is 0 Å². The number of nitrogens with zero attached hydrogens (tertiary/aromatic N) is 20. The number of rotatable bonds is 44. The second-order valence-electron chi connectivity index (χ2n) is 31.2. The van der Waals surface area contributed by atoms with E-state index >= 15 is 0 Å². The quantitative estimate of drug-likeness (QED) is 0.0119. The highest BCUT2D eigenvalue weighted by molar-refractivity contribution is 5.97. The third kappa shape index (κ3) is 31.7. The molecule has 0 bridgehead atoms. The summed E-state index contributed by atoms with van der Waals surface area (Å²) in [5, 5.41) is 131. The number of nitro benzene ring substituents is 8. The van der Waals surface area contributed by atoms with E-state index in [9.17, 15) is 118 Å². The predicted molar refractivity (Wildman–Crippen MR) is 538 cm³/mol. The summed E-state index contributed by atoms with van der Waals surface area (Å²) in [5.41, 5.74) is -2.70. The summed E-state index contributed by atoms with van der Waals surface area (Å²) in [6.45, 7) is 18.4. The number of carbonyl (C=O) groups excluding carboxylic acids is 4. The number of hydrogen-bond donors (Lipinski definition) is 4. The van der Waals surface area contributed by atoms with Crippen molar-refractivity contribution in [2.75, 3.05) is 116 Å². The first-order chi connectivity index (χ1) is 70.5. The van der Waals surface area contributed by atoms with Gasteiger partial charge in [-0.15, -0.1) is 40.9 Å². The molecule has 0 spiro atoms. The lowest BCUT2D eigenvalue weighted by atomic mass is 10.1. The largest absolute Gasteiger partial charge is 0.494 e. The standard InChI is InChI=1S/C25H25FN6O7.C25H25FN6O6.C24H23FN6O6.C21H25FN6O6/c1-16(33)27-19-12-24(30(9-10-38-2)15-17-7-5-4-6-8-17)25(39-3)13-20(19)28-29-21-11-18(26)22(31(34)35)14-23(21)32(36)37;1-4-10-30(15-17-8-6-5-7-9-17)24-12-19(27-16(2)33)20(13-25(24)38-3)28-29-21-11-18(26)22(31(34)35)14-23(21)32(36)37;1-4-29(14-16-8-6-5-7-9-16)23-11-18(26-15(2)32)19(12-24(23)37-3)27-28-20-10-17(25)21(30(33)34)13-22(20)31(35)36;1-5-7-26(8-6-2)20-10-15(23-13(3)29)16(11-21(20)34-4)24-25-17-9-14(22)18(27(30)31)12-19(17)28(32)33/h4-8,11-14H,9-10,15H2,1-3H3,(H,27,33);5-9,11-14H,4,10,15H2,1-3H3,(H,27,33);5-13H,4,14H2,1-3H3,(H,26,32);9-12H,5-8H2,1-4H3,(H,23,29). The first-order valence-electron chi connectivity index (χ1n) is 44.3. The molecule has 0 saturated carbocycles. The molecule has 0 aliphatic rings. The molecule has 0 unspecified atom stereocenters. The Kier molecular flexibility index (Phi) is 42.3. The van der Waals surface area contributed by atoms with Gasteiger partial charge in [-0.05, 0) is 67.1 Å². The first kappa shape index (κ1) is 114. The highest BCUT2D eigenvalue weighted by atomic mass is 19.1. The lowest BCUT2D eigenvalue weighted by molar-refractivity contribution is -0.395. The molecule has 0 fully saturated rings. The van der Waals surface area contributed by atoms with E-state index in [4.69, 9.17) is 23.7 Å². The molecule has 0 atom stereocenters. The number of amides is 4. The Labute approximate surface area is 839 Å². The highest BCUT2D eigenvalue weighted by Gasteiger charge is 2.32. The van der Waals surface area contributed by atoms with Gasteiger partial charge in [0.2, 0.25) is 46.9 Å². The van der Waals surface area contributed by atoms with Crippen molar-refractivity contribution in [1.29, 1.82) is 0 Å². The highest BCUT2D eigenvalue weighted by Crippen LogP contribution is 2.48. The van der Waals surface area contributed by atoms with Crippen molar-refractivity contribution in [2.24, 2.45) is 40.9 Å². The second-order valence-corrected chi connectivity index (χ2v) is 31.2. The van der Waals surface area contributed by atoms with Crippen molar-refractivity contribution < 1.29 is 99.8 Å². The first-order valence-corrected chi connectivity index (χ1v) is 44.3. The number of methoxy groups -OCH3 is 5. The van der Waals surface area contributed by atoms with E-state index in [1.165, 1.54) is 80.4 Å². The van der Waals surface area contributed by atoms with Gasteiger partial charge in [-0.25, -0.2) is 0 Å². The second kappa shape index (κ2) is 54.8. The maximum absolute atomic E-state index is 14.2. The molecule has 0 aliphatic heterocycles. The Morgan fingerprint density at radius 3 is 0.703 bits per heavy atom. The minimum Gasteiger partial charge on any atom is -0.494 e. The molecule has 0 aromatic heterocycles. The van der Waals surface area contributed by atoms with Crippen molar-refractivity contribution in [2.45, 2.75) is 94.3 Å². The normalized spacial score (nSPS) is 10.8. The zero-order valence-electron chi connectivity index (χ0n) is 81.5. The summed E-state index contributed by atoms with van der Waals surface area (Å²) in [7, 11) is 7.38. The van der Waals surface area contributed by atoms with Crippen molar-refractivity contribution >= 4 is 160 Å². The summed E-state index contributed by atoms with van der Waals surface area (Å²) < 4.78 is 84.1. The van der Waals surface area contributed by atoms with Gasteiger partial charge in [0.15, 0.2) is 22.7 Å². The fourth-order valence-corrected chi connectivity index (χ4v) is 14.1. The lowest BCUT2D eigenvalue weighted by Crippen LogP contribution is -2.27. The van der Waals surface area contributed by atoms with Gasteiger partial charge in [0.05, 0.1) is 144 Å². The third-order valence-corrected chi connectivity index (χ3v) is 20.7. The van der Waals surface area contributed by atoms with Crippen LogP contribution in [0.5, 0.6) is 23.0 Å². The van der Waals surface area contributed by atoms with Gasteiger partial charge in [0.1, 0.15) is 45.7 Å². The van der Waals surface area contributed by atoms with Crippen LogP contribution < -0.4 is 59.8 Å². The van der Waals surface area contributed by atoms with Crippen molar-refractivity contribution in [3.63, 3.8) is 0 Å². The van der Waals surface area contributed by atoms with Crippen LogP contribution in [0.4, 0.5) is 154 Å². The molecule has 53 heteroatoms. The molecule has 4 N–H and O–H groups in total. The summed E-state index contributed by atoms with van der Waals surface area (Å²) in [4.78, 5) is 137. The maximum Gasteiger partial charge on any atom is 0.311 e. The maximum atomic E-state index is 14.2. The Hall–Kier alpha value is -19.0. The van der Waals surface area contributed by atoms with Crippen LogP contribution in [0.3, 0.4) is 0 Å². The van der Waals surface area contributed by atoms with Gasteiger partial charge in [0.25, 0.3) is 0 Å². The van der Waals surface area contributed by atoms with Gasteiger partial charge in [-0.2, -0.15) is 17.6 Å². The molecule has 11 aromatic carbocycles. The number of nitrogens with one attached hydrogen (secondary N) is 4. The van der Waals surface area contributed by atoms with E-state index in [0.717, 1.165) is 49.0 Å². The minimum atomic E-state index is -1.32. The third-order valence-electron chi connectivity index (χ3n) is 20.7. The molecular formula is C95H98F4N24O25. The summed E-state index contributed by atoms with van der Waals surface area (Å²) >= 11 is 0. The van der Waals surface area contributed by atoms with Gasteiger partial charge in [0, 0.05) is 136 Å². The monoisotopic (exact) mass is 2050 g/mol. The van der Waals surface area contributed by atoms with Gasteiger partial charge in [-0.3, -0.25) is 100 Å². The van der Waals surface area contributed by atoms with Crippen molar-refractivity contribution in [3.05, 3.63) is 309 Å². The number of carbonyl (C=O) groups is 4. The Bertz CT molecular complexity index is 6880. The number of anilines is 8. The molecule has 11 rings (SSSR count). The summed E-state index contributed by atoms with van der Waals surface area (Å²) in [5.74, 6) is -5.32. The number of halogens is 4. The van der Waals surface area contributed by atoms with Gasteiger partial charge >= 0.3 is 45.5 Å². The average molecular weight is 2050 g/mol. The smallest absolute Gasteiger partial charge is 0.311 e. The predicted octanol–water partition coefficient (Wildman–Crippen LogP) is 23.8. The van der Waals surface area contributed by atoms with Crippen LogP contribution >= 0.6 is 0 Å². The number of hydrogen-bond acceptors (Lipinski definition) is 37. The van der Waals surface area contributed by atoms with E-state index in [1.54, 1.807) is 31.4 Å². The summed E-state index contributed by atoms with van der Waals surface area (Å²) in [6, 6.07) is 45.7. The van der Waals surface area contributed by atoms with Gasteiger partial charge < -0.3 is 64.6 Å². The Balaban J connectivity index is 0.000000241. The zero-order chi connectivity index (χ0) is 109. The van der Waals surface area contributed by atoms with Crippen LogP contribution in [-0.4, -0.2) is 138 Å². The van der Waals surface area contributed by atoms with E-state index in [0.29, 0.717) is 140 Å². The van der Waals surface area contributed by atoms with E-state index < -0.39 is 155 Å². The van der Waals surface area contributed by atoms with E-state index in [2.05, 4.69) is 72.0 Å². The SMILES string of the molecule is CCCN(CCC)c1cc(NC(C)=O)c(N=Nc2cc(F)c([N+](=O)[O-])cc2[N+](=O)[O-])cc1OC.CCCN(Cc1ccccc1)c1cc(NC(C)=O)c(N=Nc2cc(F)c([N+](=O)[O-])cc2[N+](=O)[O-])cc1OC.CCN(Cc1ccccc1)c1cc(NC(C)=O)c(N=Nc2cc(F)c([N+](=O)[O-])cc2[N+](=O)[O-])cc1OC.COCCN(Cc1ccccc1)c1cc(NC(C)=O)c(N=Nc2cc(F)c([N+](=O)[O-])cc2[N+](=O)[O-])cc1OC. The average Bonchev–Trinajstić information content (AvgIpc) is 0.768. The molecule has 0 heterocycles. The minimum absolute atomic E-state index is 0.0465. The molecule has 0 radical (unpaired) electrons. The fourth-order valence-electron chi connectivity index (χ4n) is 14.1. The lowest BCUT2D eigenvalue weighted by Gasteiger charge is -2.27. The molecular weight excluding hydrogens is 1950 g/mol. The van der Waals surface area contributed by atoms with Crippen LogP contribution in [0.1, 0.15) is 91.3 Å². The topological polar surface area (TPSA) is 620 Å². The van der Waals surface area contributed by atoms with Crippen LogP contribution in [-0.2, 0) is 43.5 Å². The summed E-state index contributed by atoms with van der Waals surface area (Å²) in [6.07, 6.45) is 2.56. The molecule has 148 heavy (non-hydrogen) atoms. The molecule has 0 saturated heterocycles.